The van der Waals surface area contributed by atoms with Crippen LogP contribution >= 0.6 is 0 Å². The number of carbonyl (C=O) groups is 2. The third-order valence-electron chi connectivity index (χ3n) is 3.97. The number of benzene rings is 1. The molecule has 0 saturated carbocycles. The van der Waals surface area contributed by atoms with Crippen molar-refractivity contribution < 1.29 is 23.1 Å². The number of amides is 1. The molecule has 7 nitrogen and oxygen atoms in total. The SMILES string of the molecule is O=C1CN(S(=O)(=O)c2ccccc2)C2CCN(C(=O)O)C12. The van der Waals surface area contributed by atoms with Crippen LogP contribution < -0.4 is 0 Å². The fraction of sp³-hybridized carbons (Fsp3) is 0.385. The molecule has 2 fully saturated rings. The zero-order valence-electron chi connectivity index (χ0n) is 11.0. The first-order chi connectivity index (χ1) is 9.93. The Bertz CT molecular complexity index is 688. The number of sulfonamides is 1. The molecule has 0 aromatic heterocycles. The molecule has 1 amide bonds. The Morgan fingerprint density at radius 3 is 2.52 bits per heavy atom. The van der Waals surface area contributed by atoms with Crippen LogP contribution in [0.4, 0.5) is 4.79 Å². The highest BCUT2D eigenvalue weighted by Gasteiger charge is 2.53. The first-order valence-electron chi connectivity index (χ1n) is 6.52. The van der Waals surface area contributed by atoms with Gasteiger partial charge in [0.15, 0.2) is 5.78 Å². The average Bonchev–Trinajstić information content (AvgIpc) is 3.02. The molecule has 2 heterocycles. The number of likely N-dealkylation sites (tertiary alicyclic amines) is 1. The van der Waals surface area contributed by atoms with Crippen molar-refractivity contribution >= 4 is 21.9 Å². The van der Waals surface area contributed by atoms with E-state index in [-0.39, 0.29) is 23.8 Å². The monoisotopic (exact) mass is 310 g/mol. The maximum Gasteiger partial charge on any atom is 0.407 e. The van der Waals surface area contributed by atoms with Crippen molar-refractivity contribution in [1.82, 2.24) is 9.21 Å². The number of carboxylic acid groups (broad SMARTS) is 1. The number of Topliss-reactive ketones (excluding diaryl/α,β-unsaturated/α-hetero) is 1. The summed E-state index contributed by atoms with van der Waals surface area (Å²) in [5, 5.41) is 9.09. The van der Waals surface area contributed by atoms with Gasteiger partial charge in [-0.05, 0) is 18.6 Å². The Kier molecular flexibility index (Phi) is 3.22. The van der Waals surface area contributed by atoms with Crippen molar-refractivity contribution in [2.45, 2.75) is 23.4 Å². The highest BCUT2D eigenvalue weighted by Crippen LogP contribution is 2.33. The predicted molar refractivity (Wildman–Crippen MR) is 72.3 cm³/mol. The largest absolute Gasteiger partial charge is 0.465 e. The van der Waals surface area contributed by atoms with Crippen LogP contribution in [0.15, 0.2) is 35.2 Å². The summed E-state index contributed by atoms with van der Waals surface area (Å²) in [5.41, 5.74) is 0. The second-order valence-corrected chi connectivity index (χ2v) is 7.00. The summed E-state index contributed by atoms with van der Waals surface area (Å²) < 4.78 is 26.4. The van der Waals surface area contributed by atoms with Gasteiger partial charge in [0, 0.05) is 6.54 Å². The van der Waals surface area contributed by atoms with Gasteiger partial charge in [-0.2, -0.15) is 4.31 Å². The van der Waals surface area contributed by atoms with E-state index in [9.17, 15) is 18.0 Å². The Morgan fingerprint density at radius 2 is 1.90 bits per heavy atom. The van der Waals surface area contributed by atoms with Gasteiger partial charge >= 0.3 is 6.09 Å². The number of rotatable bonds is 2. The van der Waals surface area contributed by atoms with Gasteiger partial charge < -0.3 is 5.11 Å². The molecule has 0 radical (unpaired) electrons. The molecule has 1 aromatic carbocycles. The summed E-state index contributed by atoms with van der Waals surface area (Å²) in [6.07, 6.45) is -0.843. The molecule has 112 valence electrons. The van der Waals surface area contributed by atoms with Gasteiger partial charge in [-0.25, -0.2) is 13.2 Å². The maximum atomic E-state index is 12.6. The van der Waals surface area contributed by atoms with Crippen LogP contribution in [0, 0.1) is 0 Å². The molecule has 2 unspecified atom stereocenters. The Morgan fingerprint density at radius 1 is 1.24 bits per heavy atom. The van der Waals surface area contributed by atoms with E-state index in [4.69, 9.17) is 5.11 Å². The lowest BCUT2D eigenvalue weighted by Gasteiger charge is -2.22. The van der Waals surface area contributed by atoms with Gasteiger partial charge in [-0.1, -0.05) is 18.2 Å². The van der Waals surface area contributed by atoms with Crippen molar-refractivity contribution in [3.8, 4) is 0 Å². The van der Waals surface area contributed by atoms with Crippen LogP contribution in [0.2, 0.25) is 0 Å². The average molecular weight is 310 g/mol. The molecule has 0 bridgehead atoms. The standard InChI is InChI=1S/C13H14N2O5S/c16-11-8-15(10-6-7-14(12(10)11)13(17)18)21(19,20)9-4-2-1-3-5-9/h1-5,10,12H,6-8H2,(H,17,18). The van der Waals surface area contributed by atoms with Crippen LogP contribution in [0.25, 0.3) is 0 Å². The first-order valence-corrected chi connectivity index (χ1v) is 7.96. The van der Waals surface area contributed by atoms with Crippen LogP contribution in [0.1, 0.15) is 6.42 Å². The quantitative estimate of drug-likeness (QED) is 0.852. The number of fused-ring (bicyclic) bond motifs is 1. The molecule has 1 N–H and O–H groups in total. The fourth-order valence-electron chi connectivity index (χ4n) is 3.04. The zero-order chi connectivity index (χ0) is 15.2. The van der Waals surface area contributed by atoms with Gasteiger partial charge in [-0.3, -0.25) is 9.69 Å². The first kappa shape index (κ1) is 14.0. The summed E-state index contributed by atoms with van der Waals surface area (Å²) in [6.45, 7) is -0.0897. The molecule has 2 aliphatic heterocycles. The minimum atomic E-state index is -3.78. The van der Waals surface area contributed by atoms with Gasteiger partial charge in [0.05, 0.1) is 17.5 Å². The molecule has 2 atom stereocenters. The van der Waals surface area contributed by atoms with Crippen LogP contribution in [-0.2, 0) is 14.8 Å². The molecule has 21 heavy (non-hydrogen) atoms. The molecule has 8 heteroatoms. The summed E-state index contributed by atoms with van der Waals surface area (Å²) in [4.78, 5) is 24.3. The van der Waals surface area contributed by atoms with E-state index in [0.29, 0.717) is 6.42 Å². The summed E-state index contributed by atoms with van der Waals surface area (Å²) >= 11 is 0. The second kappa shape index (κ2) is 4.81. The highest BCUT2D eigenvalue weighted by atomic mass is 32.2. The molecule has 2 saturated heterocycles. The minimum absolute atomic E-state index is 0.118. The summed E-state index contributed by atoms with van der Waals surface area (Å²) in [5.74, 6) is -0.362. The number of hydrogen-bond donors (Lipinski definition) is 1. The summed E-state index contributed by atoms with van der Waals surface area (Å²) in [7, 11) is -3.78. The van der Waals surface area contributed by atoms with Crippen molar-refractivity contribution in [3.63, 3.8) is 0 Å². The van der Waals surface area contributed by atoms with Gasteiger partial charge in [0.1, 0.15) is 6.04 Å². The van der Waals surface area contributed by atoms with Crippen molar-refractivity contribution in [2.24, 2.45) is 0 Å². The molecule has 3 rings (SSSR count). The lowest BCUT2D eigenvalue weighted by atomic mass is 10.1. The smallest absolute Gasteiger partial charge is 0.407 e. The second-order valence-electron chi connectivity index (χ2n) is 5.11. The normalized spacial score (nSPS) is 26.1. The molecular formula is C13H14N2O5S. The third-order valence-corrected chi connectivity index (χ3v) is 5.86. The van der Waals surface area contributed by atoms with E-state index in [1.807, 2.05) is 0 Å². The molecule has 2 aliphatic rings. The van der Waals surface area contributed by atoms with E-state index < -0.39 is 28.2 Å². The van der Waals surface area contributed by atoms with Crippen LogP contribution in [0.3, 0.4) is 0 Å². The topological polar surface area (TPSA) is 95.0 Å². The van der Waals surface area contributed by atoms with E-state index in [1.54, 1.807) is 18.2 Å². The zero-order valence-corrected chi connectivity index (χ0v) is 11.9. The van der Waals surface area contributed by atoms with Crippen molar-refractivity contribution in [2.75, 3.05) is 13.1 Å². The van der Waals surface area contributed by atoms with Crippen LogP contribution in [-0.4, -0.2) is 59.8 Å². The van der Waals surface area contributed by atoms with Gasteiger partial charge in [0.2, 0.25) is 10.0 Å². The Balaban J connectivity index is 1.96. The van der Waals surface area contributed by atoms with E-state index in [0.717, 1.165) is 9.21 Å². The lowest BCUT2D eigenvalue weighted by molar-refractivity contribution is -0.120. The molecular weight excluding hydrogens is 296 g/mol. The van der Waals surface area contributed by atoms with Gasteiger partial charge in [0.25, 0.3) is 0 Å². The Labute approximate surface area is 121 Å². The predicted octanol–water partition coefficient (Wildman–Crippen LogP) is 0.381. The van der Waals surface area contributed by atoms with E-state index >= 15 is 0 Å². The molecule has 0 spiro atoms. The highest BCUT2D eigenvalue weighted by molar-refractivity contribution is 7.89. The number of nitrogens with zero attached hydrogens (tertiary/aromatic N) is 2. The molecule has 0 aliphatic carbocycles. The van der Waals surface area contributed by atoms with Crippen LogP contribution in [0.5, 0.6) is 0 Å². The molecule has 1 aromatic rings. The number of hydrogen-bond acceptors (Lipinski definition) is 4. The summed E-state index contributed by atoms with van der Waals surface area (Å²) in [6, 6.07) is 6.40. The van der Waals surface area contributed by atoms with E-state index in [2.05, 4.69) is 0 Å². The minimum Gasteiger partial charge on any atom is -0.465 e. The van der Waals surface area contributed by atoms with E-state index in [1.165, 1.54) is 12.1 Å². The number of carbonyl (C=O) groups excluding carboxylic acids is 1. The lowest BCUT2D eigenvalue weighted by Crippen LogP contribution is -2.42. The van der Waals surface area contributed by atoms with Crippen molar-refractivity contribution in [3.05, 3.63) is 30.3 Å². The number of ketones is 1. The van der Waals surface area contributed by atoms with Gasteiger partial charge in [-0.15, -0.1) is 0 Å². The maximum absolute atomic E-state index is 12.6. The third kappa shape index (κ3) is 2.11. The van der Waals surface area contributed by atoms with Crippen molar-refractivity contribution in [1.29, 1.82) is 0 Å². The Hall–Kier alpha value is -1.93. The fourth-order valence-corrected chi connectivity index (χ4v) is 4.68.